The zero-order valence-electron chi connectivity index (χ0n) is 9.27. The Kier molecular flexibility index (Phi) is 4.67. The van der Waals surface area contributed by atoms with Crippen molar-refractivity contribution >= 4 is 40.7 Å². The number of nitrogens with zero attached hydrogens (tertiary/aromatic N) is 1. The van der Waals surface area contributed by atoms with Gasteiger partial charge in [0.05, 0.1) is 13.2 Å². The van der Waals surface area contributed by atoms with Gasteiger partial charge in [-0.05, 0) is 12.8 Å². The van der Waals surface area contributed by atoms with E-state index in [9.17, 15) is 4.79 Å². The Bertz CT molecular complexity index is 404. The third-order valence-electron chi connectivity index (χ3n) is 2.35. The number of thioether (sulfide) groups is 1. The van der Waals surface area contributed by atoms with Gasteiger partial charge in [-0.1, -0.05) is 34.7 Å². The van der Waals surface area contributed by atoms with Crippen LogP contribution in [0.3, 0.4) is 0 Å². The van der Waals surface area contributed by atoms with Crippen molar-refractivity contribution in [3.05, 3.63) is 10.0 Å². The third-order valence-corrected chi connectivity index (χ3v) is 5.05. The lowest BCUT2D eigenvalue weighted by Crippen LogP contribution is -2.07. The lowest BCUT2D eigenvalue weighted by atomic mass is 10.3. The first-order valence-electron chi connectivity index (χ1n) is 5.19. The Morgan fingerprint density at radius 1 is 1.76 bits per heavy atom. The topological polar surface area (TPSA) is 48.4 Å². The Morgan fingerprint density at radius 2 is 2.59 bits per heavy atom. The van der Waals surface area contributed by atoms with E-state index in [0.717, 1.165) is 29.5 Å². The molecule has 1 aliphatic rings. The number of thiazole rings is 1. The molecule has 0 aliphatic carbocycles. The molecule has 1 saturated heterocycles. The first-order chi connectivity index (χ1) is 8.20. The van der Waals surface area contributed by atoms with Crippen molar-refractivity contribution in [3.63, 3.8) is 0 Å². The fraction of sp³-hybridized carbons (Fsp3) is 0.600. The molecule has 1 aromatic heterocycles. The Hall–Kier alpha value is -0.300. The molecule has 1 aromatic rings. The maximum Gasteiger partial charge on any atom is 0.351 e. The van der Waals surface area contributed by atoms with Crippen molar-refractivity contribution in [1.82, 2.24) is 4.98 Å². The lowest BCUT2D eigenvalue weighted by Gasteiger charge is -2.05. The van der Waals surface area contributed by atoms with E-state index in [1.165, 1.54) is 18.4 Å². The molecule has 4 nitrogen and oxygen atoms in total. The van der Waals surface area contributed by atoms with Crippen LogP contribution in [0.5, 0.6) is 0 Å². The summed E-state index contributed by atoms with van der Waals surface area (Å²) in [5, 5.41) is 0.219. The van der Waals surface area contributed by atoms with E-state index in [0.29, 0.717) is 11.0 Å². The van der Waals surface area contributed by atoms with Gasteiger partial charge >= 0.3 is 5.97 Å². The zero-order chi connectivity index (χ0) is 12.3. The summed E-state index contributed by atoms with van der Waals surface area (Å²) in [5.74, 6) is 0.418. The standard InChI is InChI=1S/C10H12ClNO3S2/c1-14-9(13)7-8(11)12-10(17-7)16-5-6-3-2-4-15-6/h6H,2-5H2,1H3. The van der Waals surface area contributed by atoms with Gasteiger partial charge in [0.25, 0.3) is 0 Å². The minimum atomic E-state index is -0.434. The summed E-state index contributed by atoms with van der Waals surface area (Å²) in [7, 11) is 1.33. The molecule has 0 radical (unpaired) electrons. The molecule has 0 spiro atoms. The van der Waals surface area contributed by atoms with Crippen LogP contribution in [0.15, 0.2) is 4.34 Å². The molecular formula is C10H12ClNO3S2. The number of rotatable bonds is 4. The van der Waals surface area contributed by atoms with Gasteiger partial charge in [0.15, 0.2) is 14.4 Å². The summed E-state index contributed by atoms with van der Waals surface area (Å²) >= 11 is 8.70. The predicted octanol–water partition coefficient (Wildman–Crippen LogP) is 2.85. The Balaban J connectivity index is 1.94. The first-order valence-corrected chi connectivity index (χ1v) is 7.37. The van der Waals surface area contributed by atoms with Crippen LogP contribution >= 0.6 is 34.7 Å². The fourth-order valence-corrected chi connectivity index (χ4v) is 3.93. The number of halogens is 1. The molecule has 7 heteroatoms. The van der Waals surface area contributed by atoms with E-state index in [-0.39, 0.29) is 5.15 Å². The van der Waals surface area contributed by atoms with Crippen LogP contribution in [0.2, 0.25) is 5.15 Å². The molecule has 94 valence electrons. The number of aromatic nitrogens is 1. The molecule has 2 rings (SSSR count). The molecule has 1 fully saturated rings. The summed E-state index contributed by atoms with van der Waals surface area (Å²) in [6, 6.07) is 0. The first kappa shape index (κ1) is 13.1. The second-order valence-corrected chi connectivity index (χ2v) is 6.16. The molecule has 2 heterocycles. The molecule has 17 heavy (non-hydrogen) atoms. The van der Waals surface area contributed by atoms with E-state index in [1.54, 1.807) is 11.8 Å². The largest absolute Gasteiger partial charge is 0.465 e. The van der Waals surface area contributed by atoms with Gasteiger partial charge in [0, 0.05) is 12.4 Å². The lowest BCUT2D eigenvalue weighted by molar-refractivity contribution is 0.0606. The summed E-state index contributed by atoms with van der Waals surface area (Å²) in [4.78, 5) is 15.8. The highest BCUT2D eigenvalue weighted by molar-refractivity contribution is 8.01. The number of hydrogen-bond donors (Lipinski definition) is 0. The number of ether oxygens (including phenoxy) is 2. The van der Waals surface area contributed by atoms with E-state index in [4.69, 9.17) is 16.3 Å². The van der Waals surface area contributed by atoms with E-state index in [2.05, 4.69) is 9.72 Å². The summed E-state index contributed by atoms with van der Waals surface area (Å²) in [6.45, 7) is 0.845. The normalized spacial score (nSPS) is 19.5. The molecule has 0 bridgehead atoms. The van der Waals surface area contributed by atoms with Crippen LogP contribution in [0, 0.1) is 0 Å². The Labute approximate surface area is 113 Å². The van der Waals surface area contributed by atoms with Crippen molar-refractivity contribution in [2.24, 2.45) is 0 Å². The number of carbonyl (C=O) groups excluding carboxylic acids is 1. The van der Waals surface area contributed by atoms with Crippen molar-refractivity contribution < 1.29 is 14.3 Å². The highest BCUT2D eigenvalue weighted by Crippen LogP contribution is 2.32. The van der Waals surface area contributed by atoms with Gasteiger partial charge in [0.2, 0.25) is 0 Å². The molecule has 0 aromatic carbocycles. The SMILES string of the molecule is COC(=O)c1sc(SCC2CCCO2)nc1Cl. The number of methoxy groups -OCH3 is 1. The van der Waals surface area contributed by atoms with Crippen LogP contribution < -0.4 is 0 Å². The van der Waals surface area contributed by atoms with Gasteiger partial charge < -0.3 is 9.47 Å². The van der Waals surface area contributed by atoms with Crippen molar-refractivity contribution in [2.75, 3.05) is 19.5 Å². The summed E-state index contributed by atoms with van der Waals surface area (Å²) in [6.07, 6.45) is 2.51. The predicted molar refractivity (Wildman–Crippen MR) is 68.2 cm³/mol. The van der Waals surface area contributed by atoms with Crippen LogP contribution in [0.1, 0.15) is 22.5 Å². The highest BCUT2D eigenvalue weighted by atomic mass is 35.5. The van der Waals surface area contributed by atoms with Gasteiger partial charge in [-0.2, -0.15) is 0 Å². The van der Waals surface area contributed by atoms with Crippen LogP contribution in [0.25, 0.3) is 0 Å². The second-order valence-electron chi connectivity index (χ2n) is 3.54. The second kappa shape index (κ2) is 6.04. The van der Waals surface area contributed by atoms with E-state index >= 15 is 0 Å². The molecule has 1 aliphatic heterocycles. The highest BCUT2D eigenvalue weighted by Gasteiger charge is 2.20. The minimum absolute atomic E-state index is 0.219. The molecule has 0 saturated carbocycles. The van der Waals surface area contributed by atoms with Crippen LogP contribution in [-0.4, -0.2) is 36.5 Å². The van der Waals surface area contributed by atoms with Gasteiger partial charge in [-0.15, -0.1) is 0 Å². The van der Waals surface area contributed by atoms with Crippen molar-refractivity contribution in [2.45, 2.75) is 23.3 Å². The number of esters is 1. The number of carbonyl (C=O) groups is 1. The van der Waals surface area contributed by atoms with Gasteiger partial charge in [0.1, 0.15) is 0 Å². The quantitative estimate of drug-likeness (QED) is 0.631. The van der Waals surface area contributed by atoms with Crippen LogP contribution in [0.4, 0.5) is 0 Å². The summed E-state index contributed by atoms with van der Waals surface area (Å²) in [5.41, 5.74) is 0. The average molecular weight is 294 g/mol. The van der Waals surface area contributed by atoms with Crippen molar-refractivity contribution in [3.8, 4) is 0 Å². The van der Waals surface area contributed by atoms with E-state index < -0.39 is 5.97 Å². The van der Waals surface area contributed by atoms with Crippen molar-refractivity contribution in [1.29, 1.82) is 0 Å². The minimum Gasteiger partial charge on any atom is -0.465 e. The molecule has 1 unspecified atom stereocenters. The maximum absolute atomic E-state index is 11.3. The van der Waals surface area contributed by atoms with E-state index in [1.807, 2.05) is 0 Å². The molecule has 0 N–H and O–H groups in total. The molecule has 0 amide bonds. The van der Waals surface area contributed by atoms with Crippen LogP contribution in [-0.2, 0) is 9.47 Å². The Morgan fingerprint density at radius 3 is 3.24 bits per heavy atom. The average Bonchev–Trinajstić information content (AvgIpc) is 2.94. The van der Waals surface area contributed by atoms with Gasteiger partial charge in [-0.25, -0.2) is 9.78 Å². The summed E-state index contributed by atoms with van der Waals surface area (Å²) < 4.78 is 10.9. The maximum atomic E-state index is 11.3. The monoisotopic (exact) mass is 293 g/mol. The third kappa shape index (κ3) is 3.34. The fourth-order valence-electron chi connectivity index (χ4n) is 1.50. The smallest absolute Gasteiger partial charge is 0.351 e. The molecular weight excluding hydrogens is 282 g/mol. The van der Waals surface area contributed by atoms with Gasteiger partial charge in [-0.3, -0.25) is 0 Å². The zero-order valence-corrected chi connectivity index (χ0v) is 11.7. The number of hydrogen-bond acceptors (Lipinski definition) is 6. The molecule has 1 atom stereocenters.